The van der Waals surface area contributed by atoms with Crippen LogP contribution in [0.2, 0.25) is 0 Å². The average Bonchev–Trinajstić information content (AvgIpc) is 2.71. The van der Waals surface area contributed by atoms with Gasteiger partial charge in [-0.3, -0.25) is 0 Å². The van der Waals surface area contributed by atoms with Gasteiger partial charge >= 0.3 is 0 Å². The highest BCUT2D eigenvalue weighted by atomic mass is 32.1. The minimum atomic E-state index is 0.924. The van der Waals surface area contributed by atoms with Crippen molar-refractivity contribution in [1.29, 1.82) is 0 Å². The predicted octanol–water partition coefficient (Wildman–Crippen LogP) is 3.66. The third-order valence-corrected chi connectivity index (χ3v) is 4.12. The Kier molecular flexibility index (Phi) is 4.21. The number of rotatable bonds is 4. The third kappa shape index (κ3) is 3.62. The van der Waals surface area contributed by atoms with Gasteiger partial charge in [-0.25, -0.2) is 0 Å². The minimum absolute atomic E-state index is 0.924. The fourth-order valence-electron chi connectivity index (χ4n) is 2.56. The Balaban J connectivity index is 1.65. The molecule has 2 heteroatoms. The Bertz CT molecular complexity index is 268. The lowest BCUT2D eigenvalue weighted by Gasteiger charge is -2.26. The van der Waals surface area contributed by atoms with Crippen molar-refractivity contribution in [2.45, 2.75) is 39.2 Å². The minimum Gasteiger partial charge on any atom is -0.312 e. The van der Waals surface area contributed by atoms with Crippen molar-refractivity contribution < 1.29 is 0 Å². The SMILES string of the molecule is CC1CCCC(CNCc2ccsc2)C1. The summed E-state index contributed by atoms with van der Waals surface area (Å²) < 4.78 is 0. The van der Waals surface area contributed by atoms with Gasteiger partial charge in [0, 0.05) is 6.54 Å². The van der Waals surface area contributed by atoms with Crippen LogP contribution in [-0.2, 0) is 6.54 Å². The van der Waals surface area contributed by atoms with Crippen LogP contribution in [-0.4, -0.2) is 6.54 Å². The fraction of sp³-hybridized carbons (Fsp3) is 0.692. The molecule has 1 heterocycles. The highest BCUT2D eigenvalue weighted by Crippen LogP contribution is 2.27. The molecule has 1 aromatic heterocycles. The van der Waals surface area contributed by atoms with Crippen LogP contribution in [0.3, 0.4) is 0 Å². The largest absolute Gasteiger partial charge is 0.312 e. The molecule has 0 amide bonds. The van der Waals surface area contributed by atoms with Crippen LogP contribution in [0.4, 0.5) is 0 Å². The van der Waals surface area contributed by atoms with E-state index in [9.17, 15) is 0 Å². The van der Waals surface area contributed by atoms with E-state index in [0.717, 1.165) is 18.4 Å². The Morgan fingerprint density at radius 2 is 2.40 bits per heavy atom. The Hall–Kier alpha value is -0.340. The summed E-state index contributed by atoms with van der Waals surface area (Å²) in [4.78, 5) is 0. The van der Waals surface area contributed by atoms with Crippen LogP contribution in [0.15, 0.2) is 16.8 Å². The summed E-state index contributed by atoms with van der Waals surface area (Å²) in [5.74, 6) is 1.87. The molecule has 0 spiro atoms. The molecular weight excluding hydrogens is 202 g/mol. The van der Waals surface area contributed by atoms with E-state index in [1.807, 2.05) is 0 Å². The highest BCUT2D eigenvalue weighted by molar-refractivity contribution is 7.07. The van der Waals surface area contributed by atoms with E-state index in [1.54, 1.807) is 11.3 Å². The smallest absolute Gasteiger partial charge is 0.0213 e. The number of nitrogens with one attached hydrogen (secondary N) is 1. The molecule has 0 aliphatic heterocycles. The summed E-state index contributed by atoms with van der Waals surface area (Å²) in [6, 6.07) is 2.21. The molecule has 2 atom stereocenters. The van der Waals surface area contributed by atoms with Gasteiger partial charge in [0.05, 0.1) is 0 Å². The molecule has 84 valence electrons. The van der Waals surface area contributed by atoms with Crippen molar-refractivity contribution in [2.75, 3.05) is 6.54 Å². The highest BCUT2D eigenvalue weighted by Gasteiger charge is 2.17. The lowest BCUT2D eigenvalue weighted by molar-refractivity contribution is 0.274. The van der Waals surface area contributed by atoms with Crippen molar-refractivity contribution >= 4 is 11.3 Å². The lowest BCUT2D eigenvalue weighted by Crippen LogP contribution is -2.26. The van der Waals surface area contributed by atoms with E-state index >= 15 is 0 Å². The molecule has 2 rings (SSSR count). The number of hydrogen-bond acceptors (Lipinski definition) is 2. The second-order valence-corrected chi connectivity index (χ2v) is 5.68. The van der Waals surface area contributed by atoms with E-state index < -0.39 is 0 Å². The van der Waals surface area contributed by atoms with Crippen molar-refractivity contribution in [1.82, 2.24) is 5.32 Å². The Labute approximate surface area is 96.9 Å². The molecule has 1 fully saturated rings. The van der Waals surface area contributed by atoms with Crippen LogP contribution in [0, 0.1) is 11.8 Å². The molecule has 0 bridgehead atoms. The van der Waals surface area contributed by atoms with Gasteiger partial charge in [0.1, 0.15) is 0 Å². The fourth-order valence-corrected chi connectivity index (χ4v) is 3.23. The summed E-state index contributed by atoms with van der Waals surface area (Å²) in [5.41, 5.74) is 1.43. The first-order valence-corrected chi connectivity index (χ1v) is 7.00. The maximum atomic E-state index is 3.58. The monoisotopic (exact) mass is 223 g/mol. The summed E-state index contributed by atoms with van der Waals surface area (Å²) >= 11 is 1.79. The Morgan fingerprint density at radius 1 is 1.47 bits per heavy atom. The second-order valence-electron chi connectivity index (χ2n) is 4.90. The maximum absolute atomic E-state index is 3.58. The van der Waals surface area contributed by atoms with E-state index in [2.05, 4.69) is 29.1 Å². The molecular formula is C13H21NS. The molecule has 1 nitrogen and oxygen atoms in total. The molecule has 1 N–H and O–H groups in total. The quantitative estimate of drug-likeness (QED) is 0.821. The molecule has 1 aliphatic carbocycles. The van der Waals surface area contributed by atoms with Gasteiger partial charge in [0.25, 0.3) is 0 Å². The molecule has 1 aliphatic rings. The normalized spacial score (nSPS) is 26.7. The zero-order valence-electron chi connectivity index (χ0n) is 9.54. The zero-order valence-corrected chi connectivity index (χ0v) is 10.4. The van der Waals surface area contributed by atoms with Gasteiger partial charge in [0.15, 0.2) is 0 Å². The number of thiophene rings is 1. The van der Waals surface area contributed by atoms with Gasteiger partial charge in [-0.2, -0.15) is 11.3 Å². The molecule has 2 unspecified atom stereocenters. The molecule has 15 heavy (non-hydrogen) atoms. The van der Waals surface area contributed by atoms with Gasteiger partial charge in [-0.1, -0.05) is 19.8 Å². The summed E-state index contributed by atoms with van der Waals surface area (Å²) in [7, 11) is 0. The maximum Gasteiger partial charge on any atom is 0.0213 e. The van der Waals surface area contributed by atoms with Crippen LogP contribution in [0.1, 0.15) is 38.2 Å². The second kappa shape index (κ2) is 5.66. The van der Waals surface area contributed by atoms with Crippen LogP contribution in [0.5, 0.6) is 0 Å². The van der Waals surface area contributed by atoms with Crippen LogP contribution < -0.4 is 5.32 Å². The first kappa shape index (κ1) is 11.2. The Morgan fingerprint density at radius 3 is 3.13 bits per heavy atom. The first-order valence-electron chi connectivity index (χ1n) is 6.06. The van der Waals surface area contributed by atoms with Gasteiger partial charge in [-0.05, 0) is 53.6 Å². The zero-order chi connectivity index (χ0) is 10.5. The molecule has 0 radical (unpaired) electrons. The molecule has 1 aromatic rings. The van der Waals surface area contributed by atoms with Crippen molar-refractivity contribution in [2.24, 2.45) is 11.8 Å². The van der Waals surface area contributed by atoms with Crippen molar-refractivity contribution in [3.05, 3.63) is 22.4 Å². The van der Waals surface area contributed by atoms with E-state index in [0.29, 0.717) is 0 Å². The molecule has 1 saturated carbocycles. The predicted molar refractivity (Wildman–Crippen MR) is 67.1 cm³/mol. The van der Waals surface area contributed by atoms with Gasteiger partial charge < -0.3 is 5.32 Å². The van der Waals surface area contributed by atoms with Crippen LogP contribution in [0.25, 0.3) is 0 Å². The van der Waals surface area contributed by atoms with E-state index in [4.69, 9.17) is 0 Å². The standard InChI is InChI=1S/C13H21NS/c1-11-3-2-4-12(7-11)8-14-9-13-5-6-15-10-13/h5-6,10-12,14H,2-4,7-9H2,1H3. The summed E-state index contributed by atoms with van der Waals surface area (Å²) in [6.45, 7) is 4.65. The molecule has 0 saturated heterocycles. The number of hydrogen-bond donors (Lipinski definition) is 1. The lowest BCUT2D eigenvalue weighted by atomic mass is 9.82. The van der Waals surface area contributed by atoms with Gasteiger partial charge in [0.2, 0.25) is 0 Å². The summed E-state index contributed by atoms with van der Waals surface area (Å²) in [5, 5.41) is 7.97. The first-order chi connectivity index (χ1) is 7.34. The summed E-state index contributed by atoms with van der Waals surface area (Å²) in [6.07, 6.45) is 5.74. The average molecular weight is 223 g/mol. The van der Waals surface area contributed by atoms with Crippen molar-refractivity contribution in [3.8, 4) is 0 Å². The third-order valence-electron chi connectivity index (χ3n) is 3.39. The van der Waals surface area contributed by atoms with E-state index in [-0.39, 0.29) is 0 Å². The van der Waals surface area contributed by atoms with Gasteiger partial charge in [-0.15, -0.1) is 0 Å². The molecule has 0 aromatic carbocycles. The van der Waals surface area contributed by atoms with Crippen molar-refractivity contribution in [3.63, 3.8) is 0 Å². The topological polar surface area (TPSA) is 12.0 Å². The van der Waals surface area contributed by atoms with Crippen LogP contribution >= 0.6 is 11.3 Å². The van der Waals surface area contributed by atoms with E-state index in [1.165, 1.54) is 37.8 Å².